The van der Waals surface area contributed by atoms with Crippen molar-refractivity contribution in [1.82, 2.24) is 15.5 Å². The molecule has 5 heteroatoms. The molecular weight excluding hydrogens is 346 g/mol. The third-order valence-corrected chi connectivity index (χ3v) is 6.02. The number of hydrogen-bond donors (Lipinski definition) is 2. The Morgan fingerprint density at radius 1 is 1.11 bits per heavy atom. The van der Waals surface area contributed by atoms with E-state index >= 15 is 0 Å². The van der Waals surface area contributed by atoms with Gasteiger partial charge in [-0.1, -0.05) is 31.4 Å². The average molecular weight is 382 g/mol. The van der Waals surface area contributed by atoms with Gasteiger partial charge in [0.2, 0.25) is 0 Å². The first-order chi connectivity index (χ1) is 13.8. The van der Waals surface area contributed by atoms with Gasteiger partial charge in [0.25, 0.3) is 0 Å². The van der Waals surface area contributed by atoms with Gasteiger partial charge in [0.15, 0.2) is 5.96 Å². The highest BCUT2D eigenvalue weighted by Gasteiger charge is 2.23. The predicted molar refractivity (Wildman–Crippen MR) is 115 cm³/mol. The van der Waals surface area contributed by atoms with Crippen molar-refractivity contribution in [2.45, 2.75) is 64.5 Å². The molecule has 1 saturated heterocycles. The summed E-state index contributed by atoms with van der Waals surface area (Å²) in [5.41, 5.74) is 1.82. The standard InChI is InChI=1S/C23H35N5/c1-2-25-23(26-17-20-10-8-19(16-24)9-11-20)27-22-12-14-28(15-13-22)18-21-6-4-3-5-7-21/h8-11,21-22H,2-7,12-15,17-18H2,1H3,(H2,25,26,27). The summed E-state index contributed by atoms with van der Waals surface area (Å²) in [7, 11) is 0. The number of guanidine groups is 1. The van der Waals surface area contributed by atoms with Crippen molar-refractivity contribution in [1.29, 1.82) is 5.26 Å². The largest absolute Gasteiger partial charge is 0.357 e. The maximum atomic E-state index is 8.91. The van der Waals surface area contributed by atoms with Crippen LogP contribution in [0.3, 0.4) is 0 Å². The van der Waals surface area contributed by atoms with Crippen LogP contribution in [0.2, 0.25) is 0 Å². The molecule has 1 aliphatic heterocycles. The van der Waals surface area contributed by atoms with Crippen LogP contribution in [0, 0.1) is 17.2 Å². The molecule has 0 aromatic heterocycles. The highest BCUT2D eigenvalue weighted by Crippen LogP contribution is 2.25. The van der Waals surface area contributed by atoms with E-state index < -0.39 is 0 Å². The molecule has 0 amide bonds. The molecule has 2 fully saturated rings. The first-order valence-corrected chi connectivity index (χ1v) is 11.0. The van der Waals surface area contributed by atoms with Crippen LogP contribution in [0.1, 0.15) is 63.0 Å². The van der Waals surface area contributed by atoms with Crippen LogP contribution in [0.15, 0.2) is 29.3 Å². The molecule has 3 rings (SSSR count). The molecule has 1 saturated carbocycles. The number of nitriles is 1. The molecule has 152 valence electrons. The van der Waals surface area contributed by atoms with Gasteiger partial charge in [-0.3, -0.25) is 0 Å². The number of hydrogen-bond acceptors (Lipinski definition) is 3. The number of rotatable bonds is 6. The van der Waals surface area contributed by atoms with E-state index in [0.717, 1.165) is 24.0 Å². The van der Waals surface area contributed by atoms with E-state index in [2.05, 4.69) is 28.5 Å². The molecular formula is C23H35N5. The number of nitrogens with zero attached hydrogens (tertiary/aromatic N) is 3. The fourth-order valence-electron chi connectivity index (χ4n) is 4.36. The number of aliphatic imine (C=N–C) groups is 1. The lowest BCUT2D eigenvalue weighted by atomic mass is 9.88. The normalized spacial score (nSPS) is 19.9. The molecule has 0 spiro atoms. The summed E-state index contributed by atoms with van der Waals surface area (Å²) in [5, 5.41) is 15.9. The second-order valence-corrected chi connectivity index (χ2v) is 8.23. The number of benzene rings is 1. The summed E-state index contributed by atoms with van der Waals surface area (Å²) < 4.78 is 0. The van der Waals surface area contributed by atoms with Crippen molar-refractivity contribution in [3.8, 4) is 6.07 Å². The number of likely N-dealkylation sites (tertiary alicyclic amines) is 1. The third-order valence-electron chi connectivity index (χ3n) is 6.02. The smallest absolute Gasteiger partial charge is 0.191 e. The van der Waals surface area contributed by atoms with Crippen LogP contribution in [-0.4, -0.2) is 43.1 Å². The Morgan fingerprint density at radius 2 is 1.82 bits per heavy atom. The molecule has 0 atom stereocenters. The number of nitrogens with one attached hydrogen (secondary N) is 2. The van der Waals surface area contributed by atoms with Crippen LogP contribution in [0.5, 0.6) is 0 Å². The van der Waals surface area contributed by atoms with Gasteiger partial charge < -0.3 is 15.5 Å². The molecule has 1 aromatic carbocycles. The van der Waals surface area contributed by atoms with Gasteiger partial charge in [0.1, 0.15) is 0 Å². The molecule has 5 nitrogen and oxygen atoms in total. The first-order valence-electron chi connectivity index (χ1n) is 11.0. The minimum atomic E-state index is 0.501. The third kappa shape index (κ3) is 6.53. The Morgan fingerprint density at radius 3 is 2.46 bits per heavy atom. The lowest BCUT2D eigenvalue weighted by molar-refractivity contribution is 0.160. The van der Waals surface area contributed by atoms with Crippen LogP contribution in [0.25, 0.3) is 0 Å². The van der Waals surface area contributed by atoms with Gasteiger partial charge in [-0.15, -0.1) is 0 Å². The molecule has 0 radical (unpaired) electrons. The lowest BCUT2D eigenvalue weighted by Gasteiger charge is -2.36. The molecule has 1 aliphatic carbocycles. The van der Waals surface area contributed by atoms with Crippen molar-refractivity contribution in [3.63, 3.8) is 0 Å². The quantitative estimate of drug-likeness (QED) is 0.583. The van der Waals surface area contributed by atoms with E-state index in [1.54, 1.807) is 0 Å². The average Bonchev–Trinajstić information content (AvgIpc) is 2.75. The zero-order valence-electron chi connectivity index (χ0n) is 17.3. The molecule has 1 aromatic rings. The van der Waals surface area contributed by atoms with Gasteiger partial charge in [0.05, 0.1) is 18.2 Å². The second-order valence-electron chi connectivity index (χ2n) is 8.23. The van der Waals surface area contributed by atoms with Crippen LogP contribution in [0.4, 0.5) is 0 Å². The fourth-order valence-corrected chi connectivity index (χ4v) is 4.36. The number of piperidine rings is 1. The Labute approximate surface area is 170 Å². The predicted octanol–water partition coefficient (Wildman–Crippen LogP) is 3.66. The van der Waals surface area contributed by atoms with Crippen LogP contribution < -0.4 is 10.6 Å². The Hall–Kier alpha value is -2.06. The molecule has 0 bridgehead atoms. The monoisotopic (exact) mass is 381 g/mol. The van der Waals surface area contributed by atoms with Gasteiger partial charge in [0, 0.05) is 32.2 Å². The minimum Gasteiger partial charge on any atom is -0.357 e. The zero-order valence-corrected chi connectivity index (χ0v) is 17.3. The first kappa shape index (κ1) is 20.7. The van der Waals surface area contributed by atoms with Crippen molar-refractivity contribution >= 4 is 5.96 Å². The Kier molecular flexibility index (Phi) is 8.17. The molecule has 2 aliphatic rings. The molecule has 28 heavy (non-hydrogen) atoms. The van der Waals surface area contributed by atoms with Crippen molar-refractivity contribution in [2.24, 2.45) is 10.9 Å². The maximum Gasteiger partial charge on any atom is 0.191 e. The van der Waals surface area contributed by atoms with Crippen LogP contribution >= 0.6 is 0 Å². The molecule has 2 N–H and O–H groups in total. The summed E-state index contributed by atoms with van der Waals surface area (Å²) in [6.45, 7) is 7.29. The SMILES string of the molecule is CCNC(=NCc1ccc(C#N)cc1)NC1CCN(CC2CCCCC2)CC1. The summed E-state index contributed by atoms with van der Waals surface area (Å²) >= 11 is 0. The van der Waals surface area contributed by atoms with E-state index in [1.807, 2.05) is 24.3 Å². The van der Waals surface area contributed by atoms with Gasteiger partial charge in [-0.25, -0.2) is 4.99 Å². The molecule has 0 unspecified atom stereocenters. The Bertz CT molecular complexity index is 647. The highest BCUT2D eigenvalue weighted by atomic mass is 15.2. The van der Waals surface area contributed by atoms with Crippen molar-refractivity contribution in [2.75, 3.05) is 26.2 Å². The summed E-state index contributed by atoms with van der Waals surface area (Å²) in [6.07, 6.45) is 9.56. The van der Waals surface area contributed by atoms with Crippen LogP contribution in [-0.2, 0) is 6.54 Å². The van der Waals surface area contributed by atoms with E-state index in [-0.39, 0.29) is 0 Å². The van der Waals surface area contributed by atoms with Gasteiger partial charge >= 0.3 is 0 Å². The summed E-state index contributed by atoms with van der Waals surface area (Å²) in [6, 6.07) is 10.3. The lowest BCUT2D eigenvalue weighted by Crippen LogP contribution is -2.49. The zero-order chi connectivity index (χ0) is 19.6. The van der Waals surface area contributed by atoms with E-state index in [0.29, 0.717) is 18.2 Å². The Balaban J connectivity index is 1.45. The topological polar surface area (TPSA) is 63.5 Å². The summed E-state index contributed by atoms with van der Waals surface area (Å²) in [4.78, 5) is 7.42. The van der Waals surface area contributed by atoms with E-state index in [9.17, 15) is 0 Å². The van der Waals surface area contributed by atoms with Crippen molar-refractivity contribution in [3.05, 3.63) is 35.4 Å². The second kappa shape index (κ2) is 11.1. The van der Waals surface area contributed by atoms with Crippen molar-refractivity contribution < 1.29 is 0 Å². The molecule has 1 heterocycles. The van der Waals surface area contributed by atoms with Gasteiger partial charge in [-0.2, -0.15) is 5.26 Å². The van der Waals surface area contributed by atoms with E-state index in [1.165, 1.54) is 64.6 Å². The maximum absolute atomic E-state index is 8.91. The summed E-state index contributed by atoms with van der Waals surface area (Å²) in [5.74, 6) is 1.84. The van der Waals surface area contributed by atoms with Gasteiger partial charge in [-0.05, 0) is 56.2 Å². The highest BCUT2D eigenvalue weighted by molar-refractivity contribution is 5.80. The van der Waals surface area contributed by atoms with E-state index in [4.69, 9.17) is 10.3 Å². The fraction of sp³-hybridized carbons (Fsp3) is 0.652. The minimum absolute atomic E-state index is 0.501.